The van der Waals surface area contributed by atoms with Gasteiger partial charge in [-0.1, -0.05) is 12.1 Å². The van der Waals surface area contributed by atoms with Crippen LogP contribution in [0.15, 0.2) is 24.3 Å². The van der Waals surface area contributed by atoms with Crippen LogP contribution in [0.2, 0.25) is 0 Å². The molecule has 0 spiro atoms. The molecular formula is C14H19F2NO2. The molecule has 0 aromatic heterocycles. The summed E-state index contributed by atoms with van der Waals surface area (Å²) in [5.74, 6) is 1.39. The Morgan fingerprint density at radius 2 is 2.05 bits per heavy atom. The van der Waals surface area contributed by atoms with Crippen molar-refractivity contribution in [1.82, 2.24) is 5.32 Å². The first-order valence-electron chi connectivity index (χ1n) is 6.45. The van der Waals surface area contributed by atoms with Crippen LogP contribution in [0.3, 0.4) is 0 Å². The normalized spacial score (nSPS) is 21.7. The lowest BCUT2D eigenvalue weighted by molar-refractivity contribution is -0.0498. The number of halogens is 2. The minimum atomic E-state index is -2.76. The van der Waals surface area contributed by atoms with Crippen molar-refractivity contribution < 1.29 is 18.3 Å². The number of methoxy groups -OCH3 is 1. The second kappa shape index (κ2) is 6.82. The van der Waals surface area contributed by atoms with Crippen LogP contribution < -0.4 is 10.1 Å². The van der Waals surface area contributed by atoms with Gasteiger partial charge in [-0.3, -0.25) is 0 Å². The number of benzene rings is 1. The van der Waals surface area contributed by atoms with Crippen molar-refractivity contribution in [3.8, 4) is 5.75 Å². The number of hydrogen-bond acceptors (Lipinski definition) is 3. The van der Waals surface area contributed by atoms with E-state index in [9.17, 15) is 8.78 Å². The quantitative estimate of drug-likeness (QED) is 0.737. The van der Waals surface area contributed by atoms with E-state index in [4.69, 9.17) is 4.74 Å². The summed E-state index contributed by atoms with van der Waals surface area (Å²) in [5, 5.41) is 3.34. The number of rotatable bonds is 8. The van der Waals surface area contributed by atoms with E-state index in [1.54, 1.807) is 19.2 Å². The van der Waals surface area contributed by atoms with E-state index in [-0.39, 0.29) is 5.75 Å². The Morgan fingerprint density at radius 1 is 1.32 bits per heavy atom. The first kappa shape index (κ1) is 14.2. The molecule has 0 amide bonds. The summed E-state index contributed by atoms with van der Waals surface area (Å²) in [6, 6.07) is 6.96. The number of hydrogen-bond donors (Lipinski definition) is 1. The first-order valence-corrected chi connectivity index (χ1v) is 6.45. The fourth-order valence-electron chi connectivity index (χ4n) is 2.24. The van der Waals surface area contributed by atoms with Crippen LogP contribution >= 0.6 is 0 Å². The summed E-state index contributed by atoms with van der Waals surface area (Å²) >= 11 is 0. The Morgan fingerprint density at radius 3 is 2.68 bits per heavy atom. The summed E-state index contributed by atoms with van der Waals surface area (Å²) in [4.78, 5) is 0. The van der Waals surface area contributed by atoms with E-state index in [1.165, 1.54) is 5.56 Å². The van der Waals surface area contributed by atoms with Crippen molar-refractivity contribution in [2.24, 2.45) is 5.92 Å². The van der Waals surface area contributed by atoms with Crippen molar-refractivity contribution in [3.63, 3.8) is 0 Å². The Hall–Kier alpha value is -1.20. The third-order valence-electron chi connectivity index (χ3n) is 3.35. The highest BCUT2D eigenvalue weighted by molar-refractivity contribution is 5.32. The summed E-state index contributed by atoms with van der Waals surface area (Å²) in [5.41, 5.74) is 1.19. The molecule has 0 aliphatic heterocycles. The molecule has 1 N–H and O–H groups in total. The lowest BCUT2D eigenvalue weighted by Crippen LogP contribution is -2.21. The SMILES string of the molecule is COCCNCC1CC1c1ccc(OC(F)F)cc1. The highest BCUT2D eigenvalue weighted by Crippen LogP contribution is 2.47. The van der Waals surface area contributed by atoms with Gasteiger partial charge >= 0.3 is 6.61 Å². The first-order chi connectivity index (χ1) is 9.20. The number of nitrogens with one attached hydrogen (secondary N) is 1. The maximum atomic E-state index is 12.0. The van der Waals surface area contributed by atoms with Crippen LogP contribution in [0.5, 0.6) is 5.75 Å². The summed E-state index contributed by atoms with van der Waals surface area (Å²) in [7, 11) is 1.69. The van der Waals surface area contributed by atoms with Crippen molar-refractivity contribution >= 4 is 0 Å². The second-order valence-corrected chi connectivity index (χ2v) is 4.75. The Balaban J connectivity index is 1.74. The third-order valence-corrected chi connectivity index (χ3v) is 3.35. The molecule has 1 aliphatic carbocycles. The molecule has 1 aromatic rings. The smallest absolute Gasteiger partial charge is 0.387 e. The zero-order valence-electron chi connectivity index (χ0n) is 10.9. The molecule has 2 atom stereocenters. The molecule has 19 heavy (non-hydrogen) atoms. The lowest BCUT2D eigenvalue weighted by atomic mass is 10.1. The molecule has 0 heterocycles. The molecule has 5 heteroatoms. The van der Waals surface area contributed by atoms with Crippen LogP contribution in [-0.4, -0.2) is 33.4 Å². The van der Waals surface area contributed by atoms with Gasteiger partial charge in [0.15, 0.2) is 0 Å². The molecule has 0 saturated heterocycles. The van der Waals surface area contributed by atoms with Crippen LogP contribution in [0.4, 0.5) is 8.78 Å². The van der Waals surface area contributed by atoms with E-state index >= 15 is 0 Å². The maximum Gasteiger partial charge on any atom is 0.387 e. The Labute approximate surface area is 111 Å². The van der Waals surface area contributed by atoms with Gasteiger partial charge in [0.25, 0.3) is 0 Å². The van der Waals surface area contributed by atoms with Gasteiger partial charge in [0.2, 0.25) is 0 Å². The average Bonchev–Trinajstić information content (AvgIpc) is 3.14. The molecule has 106 valence electrons. The number of alkyl halides is 2. The zero-order valence-corrected chi connectivity index (χ0v) is 10.9. The van der Waals surface area contributed by atoms with Gasteiger partial charge in [-0.05, 0) is 42.5 Å². The molecule has 1 fully saturated rings. The van der Waals surface area contributed by atoms with Crippen molar-refractivity contribution in [2.45, 2.75) is 19.0 Å². The van der Waals surface area contributed by atoms with Crippen LogP contribution in [0, 0.1) is 5.92 Å². The lowest BCUT2D eigenvalue weighted by Gasteiger charge is -2.06. The van der Waals surface area contributed by atoms with Gasteiger partial charge in [0, 0.05) is 13.7 Å². The number of ether oxygens (including phenoxy) is 2. The van der Waals surface area contributed by atoms with E-state index in [1.807, 2.05) is 12.1 Å². The van der Waals surface area contributed by atoms with Gasteiger partial charge in [-0.15, -0.1) is 0 Å². The highest BCUT2D eigenvalue weighted by atomic mass is 19.3. The Kier molecular flexibility index (Phi) is 5.10. The minimum Gasteiger partial charge on any atom is -0.435 e. The van der Waals surface area contributed by atoms with Crippen molar-refractivity contribution in [1.29, 1.82) is 0 Å². The molecule has 0 bridgehead atoms. The van der Waals surface area contributed by atoms with E-state index in [0.717, 1.165) is 26.1 Å². The summed E-state index contributed by atoms with van der Waals surface area (Å²) in [6.07, 6.45) is 1.15. The van der Waals surface area contributed by atoms with Crippen LogP contribution in [0.1, 0.15) is 17.9 Å². The van der Waals surface area contributed by atoms with Gasteiger partial charge in [-0.2, -0.15) is 8.78 Å². The zero-order chi connectivity index (χ0) is 13.7. The standard InChI is InChI=1S/C14H19F2NO2/c1-18-7-6-17-9-11-8-13(11)10-2-4-12(5-3-10)19-14(15)16/h2-5,11,13-14,17H,6-9H2,1H3. The third kappa shape index (κ3) is 4.44. The molecule has 1 aromatic carbocycles. The second-order valence-electron chi connectivity index (χ2n) is 4.75. The summed E-state index contributed by atoms with van der Waals surface area (Å²) in [6.45, 7) is -0.203. The fraction of sp³-hybridized carbons (Fsp3) is 0.571. The van der Waals surface area contributed by atoms with Gasteiger partial charge in [-0.25, -0.2) is 0 Å². The van der Waals surface area contributed by atoms with Crippen LogP contribution in [0.25, 0.3) is 0 Å². The highest BCUT2D eigenvalue weighted by Gasteiger charge is 2.37. The predicted octanol–water partition coefficient (Wildman–Crippen LogP) is 2.63. The van der Waals surface area contributed by atoms with E-state index in [2.05, 4.69) is 10.1 Å². The Bertz CT molecular complexity index is 384. The molecule has 2 unspecified atom stereocenters. The molecule has 1 aliphatic rings. The van der Waals surface area contributed by atoms with Gasteiger partial charge in [0.05, 0.1) is 6.61 Å². The van der Waals surface area contributed by atoms with E-state index in [0.29, 0.717) is 11.8 Å². The van der Waals surface area contributed by atoms with Gasteiger partial charge < -0.3 is 14.8 Å². The average molecular weight is 271 g/mol. The molecular weight excluding hydrogens is 252 g/mol. The largest absolute Gasteiger partial charge is 0.435 e. The van der Waals surface area contributed by atoms with Crippen LogP contribution in [-0.2, 0) is 4.74 Å². The fourth-order valence-corrected chi connectivity index (χ4v) is 2.24. The maximum absolute atomic E-state index is 12.0. The molecule has 2 rings (SSSR count). The van der Waals surface area contributed by atoms with Crippen molar-refractivity contribution in [2.75, 3.05) is 26.8 Å². The topological polar surface area (TPSA) is 30.5 Å². The molecule has 1 saturated carbocycles. The molecule has 0 radical (unpaired) electrons. The van der Waals surface area contributed by atoms with Gasteiger partial charge in [0.1, 0.15) is 5.75 Å². The van der Waals surface area contributed by atoms with E-state index < -0.39 is 6.61 Å². The minimum absolute atomic E-state index is 0.217. The molecule has 3 nitrogen and oxygen atoms in total. The van der Waals surface area contributed by atoms with Crippen molar-refractivity contribution in [3.05, 3.63) is 29.8 Å². The summed E-state index contributed by atoms with van der Waals surface area (Å²) < 4.78 is 33.3. The predicted molar refractivity (Wildman–Crippen MR) is 68.7 cm³/mol. The monoisotopic (exact) mass is 271 g/mol.